The molecule has 1 aromatic carbocycles. The Kier molecular flexibility index (Phi) is 5.76. The number of benzene rings is 1. The number of nitrogens with zero attached hydrogens (tertiary/aromatic N) is 1. The first-order valence-electron chi connectivity index (χ1n) is 7.31. The quantitative estimate of drug-likeness (QED) is 0.756. The molecule has 6 nitrogen and oxygen atoms in total. The van der Waals surface area contributed by atoms with Crippen LogP contribution in [-0.2, 0) is 4.79 Å². The predicted molar refractivity (Wildman–Crippen MR) is 87.1 cm³/mol. The summed E-state index contributed by atoms with van der Waals surface area (Å²) in [7, 11) is 0. The van der Waals surface area contributed by atoms with Crippen molar-refractivity contribution in [1.82, 2.24) is 10.2 Å². The predicted octanol–water partition coefficient (Wildman–Crippen LogP) is 1.06. The fourth-order valence-corrected chi connectivity index (χ4v) is 2.75. The van der Waals surface area contributed by atoms with E-state index in [-0.39, 0.29) is 16.5 Å². The largest absolute Gasteiger partial charge is 0.366 e. The number of hydrogen-bond acceptors (Lipinski definition) is 4. The van der Waals surface area contributed by atoms with Crippen molar-refractivity contribution in [3.8, 4) is 0 Å². The van der Waals surface area contributed by atoms with Gasteiger partial charge in [0.05, 0.1) is 10.6 Å². The number of carbonyl (C=O) groups excluding carboxylic acids is 2. The van der Waals surface area contributed by atoms with Crippen LogP contribution in [-0.4, -0.2) is 48.9 Å². The highest BCUT2D eigenvalue weighted by Gasteiger charge is 2.18. The highest BCUT2D eigenvalue weighted by Crippen LogP contribution is 2.20. The number of rotatable bonds is 5. The number of anilines is 1. The second-order valence-electron chi connectivity index (χ2n) is 5.45. The molecule has 22 heavy (non-hydrogen) atoms. The third-order valence-corrected chi connectivity index (χ3v) is 4.10. The van der Waals surface area contributed by atoms with Crippen LogP contribution in [0.3, 0.4) is 0 Å². The van der Waals surface area contributed by atoms with Gasteiger partial charge in [-0.05, 0) is 25.1 Å². The fourth-order valence-electron chi connectivity index (χ4n) is 2.48. The van der Waals surface area contributed by atoms with E-state index in [1.807, 2.05) is 0 Å². The molecule has 1 aliphatic heterocycles. The number of halogens is 1. The maximum atomic E-state index is 12.0. The van der Waals surface area contributed by atoms with Gasteiger partial charge >= 0.3 is 0 Å². The topological polar surface area (TPSA) is 87.5 Å². The van der Waals surface area contributed by atoms with E-state index in [0.717, 1.165) is 26.2 Å². The van der Waals surface area contributed by atoms with Gasteiger partial charge in [0.2, 0.25) is 11.8 Å². The van der Waals surface area contributed by atoms with Crippen LogP contribution in [0, 0.1) is 0 Å². The zero-order valence-corrected chi connectivity index (χ0v) is 13.3. The van der Waals surface area contributed by atoms with Crippen LogP contribution >= 0.6 is 11.6 Å². The van der Waals surface area contributed by atoms with Crippen LogP contribution in [0.2, 0.25) is 5.02 Å². The third-order valence-electron chi connectivity index (χ3n) is 3.78. The van der Waals surface area contributed by atoms with Crippen molar-refractivity contribution < 1.29 is 9.59 Å². The Morgan fingerprint density at radius 3 is 2.91 bits per heavy atom. The lowest BCUT2D eigenvalue weighted by Crippen LogP contribution is -2.50. The molecule has 4 N–H and O–H groups in total. The molecule has 0 spiro atoms. The first-order valence-corrected chi connectivity index (χ1v) is 7.69. The smallest absolute Gasteiger partial charge is 0.250 e. The molecule has 1 fully saturated rings. The Morgan fingerprint density at radius 2 is 2.27 bits per heavy atom. The van der Waals surface area contributed by atoms with Crippen LogP contribution < -0.4 is 16.4 Å². The zero-order chi connectivity index (χ0) is 16.1. The van der Waals surface area contributed by atoms with E-state index in [4.69, 9.17) is 17.3 Å². The monoisotopic (exact) mass is 324 g/mol. The van der Waals surface area contributed by atoms with Gasteiger partial charge in [-0.2, -0.15) is 0 Å². The van der Waals surface area contributed by atoms with E-state index in [2.05, 4.69) is 22.5 Å². The molecule has 0 unspecified atom stereocenters. The maximum absolute atomic E-state index is 12.0. The van der Waals surface area contributed by atoms with Crippen molar-refractivity contribution in [3.63, 3.8) is 0 Å². The van der Waals surface area contributed by atoms with E-state index in [1.54, 1.807) is 6.07 Å². The standard InChI is InChI=1S/C15H21ClN4O2/c1-10-9-18-5-7-20(10)6-4-14(21)19-11-2-3-12(15(17)22)13(16)8-11/h2-3,8,10,18H,4-7,9H2,1H3,(H2,17,22)(H,19,21)/t10-/m0/s1. The summed E-state index contributed by atoms with van der Waals surface area (Å²) >= 11 is 5.96. The molecule has 1 heterocycles. The van der Waals surface area contributed by atoms with Crippen molar-refractivity contribution in [2.24, 2.45) is 5.73 Å². The molecule has 1 aromatic rings. The first kappa shape index (κ1) is 16.7. The van der Waals surface area contributed by atoms with E-state index in [1.165, 1.54) is 12.1 Å². The summed E-state index contributed by atoms with van der Waals surface area (Å²) in [5.74, 6) is -0.663. The molecule has 0 aromatic heterocycles. The van der Waals surface area contributed by atoms with Gasteiger partial charge < -0.3 is 16.4 Å². The SMILES string of the molecule is C[C@H]1CNCCN1CCC(=O)Nc1ccc(C(N)=O)c(Cl)c1. The third kappa shape index (κ3) is 4.43. The average molecular weight is 325 g/mol. The molecule has 1 aliphatic rings. The summed E-state index contributed by atoms with van der Waals surface area (Å²) in [6, 6.07) is 5.11. The summed E-state index contributed by atoms with van der Waals surface area (Å²) in [5.41, 5.74) is 6.00. The van der Waals surface area contributed by atoms with Crippen molar-refractivity contribution in [3.05, 3.63) is 28.8 Å². The zero-order valence-electron chi connectivity index (χ0n) is 12.6. The van der Waals surface area contributed by atoms with E-state index >= 15 is 0 Å². The molecule has 0 aliphatic carbocycles. The Bertz CT molecular complexity index is 564. The molecule has 0 bridgehead atoms. The lowest BCUT2D eigenvalue weighted by molar-refractivity contribution is -0.116. The van der Waals surface area contributed by atoms with Crippen molar-refractivity contribution in [2.75, 3.05) is 31.5 Å². The number of amides is 2. The first-order chi connectivity index (χ1) is 10.5. The van der Waals surface area contributed by atoms with Gasteiger partial charge in [0.1, 0.15) is 0 Å². The number of hydrogen-bond donors (Lipinski definition) is 3. The number of nitrogens with two attached hydrogens (primary N) is 1. The minimum absolute atomic E-state index is 0.0753. The summed E-state index contributed by atoms with van der Waals surface area (Å²) in [4.78, 5) is 25.4. The Labute approximate surface area is 135 Å². The van der Waals surface area contributed by atoms with E-state index in [0.29, 0.717) is 18.2 Å². The van der Waals surface area contributed by atoms with Crippen molar-refractivity contribution in [1.29, 1.82) is 0 Å². The van der Waals surface area contributed by atoms with Crippen LogP contribution in [0.15, 0.2) is 18.2 Å². The molecule has 1 atom stereocenters. The minimum Gasteiger partial charge on any atom is -0.366 e. The van der Waals surface area contributed by atoms with Crippen LogP contribution in [0.1, 0.15) is 23.7 Å². The van der Waals surface area contributed by atoms with Gasteiger partial charge in [-0.25, -0.2) is 0 Å². The molecule has 0 saturated carbocycles. The molecule has 7 heteroatoms. The second-order valence-corrected chi connectivity index (χ2v) is 5.85. The molecule has 120 valence electrons. The van der Waals surface area contributed by atoms with Crippen molar-refractivity contribution in [2.45, 2.75) is 19.4 Å². The lowest BCUT2D eigenvalue weighted by Gasteiger charge is -2.33. The summed E-state index contributed by atoms with van der Waals surface area (Å²) < 4.78 is 0. The fraction of sp³-hybridized carbons (Fsp3) is 0.467. The average Bonchev–Trinajstić information content (AvgIpc) is 2.46. The second kappa shape index (κ2) is 7.58. The number of carbonyl (C=O) groups is 2. The Hall–Kier alpha value is -1.63. The van der Waals surface area contributed by atoms with Crippen LogP contribution in [0.5, 0.6) is 0 Å². The summed E-state index contributed by atoms with van der Waals surface area (Å²) in [6.45, 7) is 5.73. The summed E-state index contributed by atoms with van der Waals surface area (Å²) in [6.07, 6.45) is 0.416. The van der Waals surface area contributed by atoms with Crippen molar-refractivity contribution >= 4 is 29.1 Å². The molecular formula is C15H21ClN4O2. The van der Waals surface area contributed by atoms with Gasteiger partial charge in [0.15, 0.2) is 0 Å². The molecule has 2 rings (SSSR count). The maximum Gasteiger partial charge on any atom is 0.250 e. The van der Waals surface area contributed by atoms with Crippen LogP contribution in [0.25, 0.3) is 0 Å². The van der Waals surface area contributed by atoms with E-state index < -0.39 is 5.91 Å². The normalized spacial score (nSPS) is 18.9. The van der Waals surface area contributed by atoms with Gasteiger partial charge in [0.25, 0.3) is 0 Å². The van der Waals surface area contributed by atoms with Gasteiger partial charge in [-0.3, -0.25) is 14.5 Å². The lowest BCUT2D eigenvalue weighted by atomic mass is 10.2. The molecular weight excluding hydrogens is 304 g/mol. The van der Waals surface area contributed by atoms with Gasteiger partial charge in [-0.1, -0.05) is 11.6 Å². The molecule has 2 amide bonds. The summed E-state index contributed by atoms with van der Waals surface area (Å²) in [5, 5.41) is 6.34. The minimum atomic E-state index is -0.587. The highest BCUT2D eigenvalue weighted by atomic mass is 35.5. The number of piperazine rings is 1. The van der Waals surface area contributed by atoms with Gasteiger partial charge in [-0.15, -0.1) is 0 Å². The van der Waals surface area contributed by atoms with Gasteiger partial charge in [0, 0.05) is 44.3 Å². The Morgan fingerprint density at radius 1 is 1.50 bits per heavy atom. The highest BCUT2D eigenvalue weighted by molar-refractivity contribution is 6.34. The Balaban J connectivity index is 1.86. The number of primary amides is 1. The van der Waals surface area contributed by atoms with Crippen LogP contribution in [0.4, 0.5) is 5.69 Å². The molecule has 0 radical (unpaired) electrons. The number of nitrogens with one attached hydrogen (secondary N) is 2. The molecule has 1 saturated heterocycles. The van der Waals surface area contributed by atoms with E-state index in [9.17, 15) is 9.59 Å².